The second kappa shape index (κ2) is 13.8. The molecule has 1 heterocycles. The van der Waals surface area contributed by atoms with Gasteiger partial charge in [-0.2, -0.15) is 0 Å². The first-order valence-electron chi connectivity index (χ1n) is 13.6. The number of nitrogens with one attached hydrogen (secondary N) is 2. The van der Waals surface area contributed by atoms with Crippen molar-refractivity contribution in [1.82, 2.24) is 10.6 Å². The van der Waals surface area contributed by atoms with Crippen molar-refractivity contribution >= 4 is 23.4 Å². The second-order valence-corrected chi connectivity index (χ2v) is 10.8. The number of ketones is 2. The van der Waals surface area contributed by atoms with Gasteiger partial charge in [0.05, 0.1) is 32.4 Å². The predicted octanol–water partition coefficient (Wildman–Crippen LogP) is 2.78. The molecular weight excluding hydrogens is 488 g/mol. The van der Waals surface area contributed by atoms with Crippen molar-refractivity contribution in [3.63, 3.8) is 0 Å². The maximum absolute atomic E-state index is 13.6. The maximum Gasteiger partial charge on any atom is 0.224 e. The summed E-state index contributed by atoms with van der Waals surface area (Å²) in [5, 5.41) is 5.68. The molecule has 0 bridgehead atoms. The molecule has 1 aliphatic heterocycles. The fourth-order valence-electron chi connectivity index (χ4n) is 5.03. The molecule has 1 aromatic carbocycles. The Hall–Kier alpha value is -2.78. The number of methoxy groups -OCH3 is 2. The van der Waals surface area contributed by atoms with Crippen molar-refractivity contribution < 1.29 is 33.4 Å². The Balaban J connectivity index is 1.74. The number of rotatable bonds is 16. The van der Waals surface area contributed by atoms with Gasteiger partial charge in [-0.1, -0.05) is 37.8 Å². The lowest BCUT2D eigenvalue weighted by molar-refractivity contribution is -0.134. The summed E-state index contributed by atoms with van der Waals surface area (Å²) in [7, 11) is 3.09. The Bertz CT molecular complexity index is 968. The third-order valence-electron chi connectivity index (χ3n) is 7.63. The summed E-state index contributed by atoms with van der Waals surface area (Å²) in [6, 6.07) is 5.93. The van der Waals surface area contributed by atoms with E-state index in [4.69, 9.17) is 14.2 Å². The third-order valence-corrected chi connectivity index (χ3v) is 7.63. The molecule has 1 saturated carbocycles. The molecule has 1 aromatic rings. The summed E-state index contributed by atoms with van der Waals surface area (Å²) < 4.78 is 15.6. The lowest BCUT2D eigenvalue weighted by atomic mass is 9.88. The van der Waals surface area contributed by atoms with Crippen LogP contribution in [0.2, 0.25) is 0 Å². The van der Waals surface area contributed by atoms with Crippen LogP contribution in [0.15, 0.2) is 24.3 Å². The number of benzene rings is 1. The summed E-state index contributed by atoms with van der Waals surface area (Å²) in [4.78, 5) is 52.1. The van der Waals surface area contributed by atoms with Crippen molar-refractivity contribution in [1.29, 1.82) is 0 Å². The van der Waals surface area contributed by atoms with Crippen molar-refractivity contribution in [2.45, 2.75) is 82.9 Å². The zero-order valence-corrected chi connectivity index (χ0v) is 23.0. The molecule has 2 amide bonds. The molecule has 9 heteroatoms. The summed E-state index contributed by atoms with van der Waals surface area (Å²) in [5.74, 6) is -0.613. The fraction of sp³-hybridized carbons (Fsp3) is 0.655. The van der Waals surface area contributed by atoms with E-state index in [0.717, 1.165) is 31.2 Å². The number of ether oxygens (including phenoxy) is 3. The molecule has 1 saturated heterocycles. The van der Waals surface area contributed by atoms with Crippen LogP contribution in [0, 0.1) is 11.8 Å². The van der Waals surface area contributed by atoms with E-state index in [1.165, 1.54) is 7.11 Å². The van der Waals surface area contributed by atoms with Gasteiger partial charge in [0.15, 0.2) is 11.6 Å². The van der Waals surface area contributed by atoms with Crippen molar-refractivity contribution in [3.8, 4) is 5.75 Å². The van der Waals surface area contributed by atoms with Crippen LogP contribution < -0.4 is 15.4 Å². The minimum Gasteiger partial charge on any atom is -0.497 e. The topological polar surface area (TPSA) is 123 Å². The lowest BCUT2D eigenvalue weighted by Crippen LogP contribution is -2.49. The van der Waals surface area contributed by atoms with Crippen molar-refractivity contribution in [3.05, 3.63) is 29.8 Å². The highest BCUT2D eigenvalue weighted by Gasteiger charge is 2.50. The van der Waals surface area contributed by atoms with E-state index in [-0.39, 0.29) is 42.8 Å². The molecule has 9 nitrogen and oxygen atoms in total. The van der Waals surface area contributed by atoms with E-state index in [1.807, 2.05) is 24.3 Å². The van der Waals surface area contributed by atoms with E-state index in [9.17, 15) is 19.2 Å². The molecule has 0 aromatic heterocycles. The van der Waals surface area contributed by atoms with Gasteiger partial charge in [-0.25, -0.2) is 0 Å². The van der Waals surface area contributed by atoms with E-state index < -0.39 is 23.6 Å². The zero-order chi connectivity index (χ0) is 27.7. The van der Waals surface area contributed by atoms with Gasteiger partial charge in [0.25, 0.3) is 0 Å². The molecule has 0 unspecified atom stereocenters. The molecular formula is C29H42N2O7. The largest absolute Gasteiger partial charge is 0.497 e. The monoisotopic (exact) mass is 530 g/mol. The average molecular weight is 531 g/mol. The number of Topliss-reactive ketones (excluding diaryl/α,β-unsaturated/α-hetero) is 2. The highest BCUT2D eigenvalue weighted by molar-refractivity contribution is 5.98. The summed E-state index contributed by atoms with van der Waals surface area (Å²) in [6.45, 7) is 3.99. The van der Waals surface area contributed by atoms with Crippen LogP contribution in [0.5, 0.6) is 5.75 Å². The highest BCUT2D eigenvalue weighted by atomic mass is 16.6. The van der Waals surface area contributed by atoms with Crippen LogP contribution in [0.4, 0.5) is 0 Å². The van der Waals surface area contributed by atoms with E-state index in [2.05, 4.69) is 10.6 Å². The Morgan fingerprint density at radius 1 is 1.08 bits per heavy atom. The van der Waals surface area contributed by atoms with Crippen LogP contribution in [0.3, 0.4) is 0 Å². The van der Waals surface area contributed by atoms with Crippen LogP contribution in [-0.2, 0) is 35.1 Å². The van der Waals surface area contributed by atoms with Gasteiger partial charge in [-0.3, -0.25) is 19.2 Å². The van der Waals surface area contributed by atoms with Crippen LogP contribution in [0.1, 0.15) is 64.4 Å². The molecule has 3 rings (SSSR count). The SMILES string of the molecule is COCCC(=O)N[C@H](C)C(=O)C[C@@H](Cc1ccc(OC)cc1)C(=O)N[C@@H](CC1CCCC1)C(=O)[C@@]1(C)CO1. The van der Waals surface area contributed by atoms with Gasteiger partial charge >= 0.3 is 0 Å². The first kappa shape index (κ1) is 29.8. The average Bonchev–Trinajstić information content (AvgIpc) is 3.45. The number of epoxide rings is 1. The van der Waals surface area contributed by atoms with Crippen LogP contribution >= 0.6 is 0 Å². The molecule has 1 aliphatic carbocycles. The van der Waals surface area contributed by atoms with E-state index >= 15 is 0 Å². The third kappa shape index (κ3) is 8.63. The number of carbonyl (C=O) groups excluding carboxylic acids is 4. The number of carbonyl (C=O) groups is 4. The van der Waals surface area contributed by atoms with Gasteiger partial charge in [-0.05, 0) is 50.3 Å². The minimum atomic E-state index is -0.848. The molecule has 2 fully saturated rings. The quantitative estimate of drug-likeness (QED) is 0.315. The molecule has 2 aliphatic rings. The van der Waals surface area contributed by atoms with Gasteiger partial charge in [0.2, 0.25) is 11.8 Å². The summed E-state index contributed by atoms with van der Waals surface area (Å²) >= 11 is 0. The standard InChI is InChI=1S/C29H42N2O7/c1-19(30-26(33)13-14-36-3)25(32)17-22(15-21-9-11-23(37-4)12-10-21)28(35)31-24(16-20-7-5-6-8-20)27(34)29(2)18-38-29/h9-12,19-20,22,24H,5-8,13-18H2,1-4H3,(H,30,33)(H,31,35)/t19-,22-,24+,29-/m1/s1. The first-order chi connectivity index (χ1) is 18.1. The Morgan fingerprint density at radius 3 is 2.32 bits per heavy atom. The Morgan fingerprint density at radius 2 is 1.74 bits per heavy atom. The molecule has 0 radical (unpaired) electrons. The lowest BCUT2D eigenvalue weighted by Gasteiger charge is -2.26. The number of amides is 2. The molecule has 4 atom stereocenters. The van der Waals surface area contributed by atoms with Gasteiger partial charge in [0, 0.05) is 25.9 Å². The minimum absolute atomic E-state index is 0.0678. The van der Waals surface area contributed by atoms with Crippen LogP contribution in [-0.4, -0.2) is 68.5 Å². The van der Waals surface area contributed by atoms with Crippen LogP contribution in [0.25, 0.3) is 0 Å². The molecule has 38 heavy (non-hydrogen) atoms. The summed E-state index contributed by atoms with van der Waals surface area (Å²) in [5.41, 5.74) is 0.0189. The molecule has 0 spiro atoms. The van der Waals surface area contributed by atoms with Gasteiger partial charge < -0.3 is 24.8 Å². The van der Waals surface area contributed by atoms with E-state index in [1.54, 1.807) is 21.0 Å². The highest BCUT2D eigenvalue weighted by Crippen LogP contribution is 2.33. The van der Waals surface area contributed by atoms with Gasteiger partial charge in [0.1, 0.15) is 11.4 Å². The van der Waals surface area contributed by atoms with Crippen molar-refractivity contribution in [2.75, 3.05) is 27.4 Å². The second-order valence-electron chi connectivity index (χ2n) is 10.8. The summed E-state index contributed by atoms with van der Waals surface area (Å²) in [6.07, 6.45) is 5.34. The number of hydrogen-bond donors (Lipinski definition) is 2. The van der Waals surface area contributed by atoms with Crippen molar-refractivity contribution in [2.24, 2.45) is 11.8 Å². The number of hydrogen-bond acceptors (Lipinski definition) is 7. The maximum atomic E-state index is 13.6. The smallest absolute Gasteiger partial charge is 0.224 e. The molecule has 2 N–H and O–H groups in total. The van der Waals surface area contributed by atoms with Gasteiger partial charge in [-0.15, -0.1) is 0 Å². The Labute approximate surface area is 225 Å². The predicted molar refractivity (Wildman–Crippen MR) is 142 cm³/mol. The first-order valence-corrected chi connectivity index (χ1v) is 13.6. The zero-order valence-electron chi connectivity index (χ0n) is 23.0. The van der Waals surface area contributed by atoms with E-state index in [0.29, 0.717) is 31.1 Å². The molecule has 210 valence electrons. The fourth-order valence-corrected chi connectivity index (χ4v) is 5.03. The normalized spacial score (nSPS) is 21.3. The Kier molecular flexibility index (Phi) is 10.8.